The van der Waals surface area contributed by atoms with E-state index < -0.39 is 47.7 Å². The van der Waals surface area contributed by atoms with Gasteiger partial charge in [-0.15, -0.1) is 0 Å². The molecule has 0 aliphatic carbocycles. The summed E-state index contributed by atoms with van der Waals surface area (Å²) in [6.45, 7) is 11.1. The molecule has 0 aromatic heterocycles. The van der Waals surface area contributed by atoms with Gasteiger partial charge in [0.1, 0.15) is 12.2 Å². The Morgan fingerprint density at radius 1 is 0.526 bits per heavy atom. The Labute approximate surface area is 442 Å². The fraction of sp³-hybridized carbons (Fsp3) is 0.552. The van der Waals surface area contributed by atoms with Crippen molar-refractivity contribution in [3.8, 4) is 23.0 Å². The van der Waals surface area contributed by atoms with Crippen molar-refractivity contribution in [1.82, 2.24) is 9.80 Å². The second-order valence-corrected chi connectivity index (χ2v) is 21.0. The van der Waals surface area contributed by atoms with E-state index in [1.54, 1.807) is 40.6 Å². The zero-order valence-electron chi connectivity index (χ0n) is 45.0. The summed E-state index contributed by atoms with van der Waals surface area (Å²) in [5, 5.41) is 0. The molecule has 0 spiro atoms. The highest BCUT2D eigenvalue weighted by Crippen LogP contribution is 2.50. The van der Waals surface area contributed by atoms with Crippen molar-refractivity contribution in [2.24, 2.45) is 23.7 Å². The topological polar surface area (TPSA) is 114 Å². The lowest BCUT2D eigenvalue weighted by Crippen LogP contribution is -2.55. The van der Waals surface area contributed by atoms with Crippen LogP contribution >= 0.6 is 0 Å². The second kappa shape index (κ2) is 24.0. The standard InChI is InChI=1S/2C29H36F3NO5/c2*1-18(2)13-20-17-33-12-11-19-14-25(35-3)26(36-4)15-22(19)23(33)16-24(20)38-27(34)28(37-5,29(30,31)32)21-9-7-6-8-10-21/h2*6-10,14-15,18,20,23-24H,11-13,16-17H2,1-5H3/t2*20-,23+,24-,28-/m10/s1. The second-order valence-electron chi connectivity index (χ2n) is 21.0. The quantitative estimate of drug-likeness (QED) is 0.0786. The fourth-order valence-corrected chi connectivity index (χ4v) is 12.0. The van der Waals surface area contributed by atoms with Gasteiger partial charge < -0.3 is 37.9 Å². The minimum Gasteiger partial charge on any atom is -0.493 e. The molecule has 2 saturated heterocycles. The van der Waals surface area contributed by atoms with Crippen LogP contribution in [0, 0.1) is 23.7 Å². The Hall–Kier alpha value is -5.56. The molecule has 12 nitrogen and oxygen atoms in total. The molecule has 76 heavy (non-hydrogen) atoms. The number of ether oxygens (including phenoxy) is 8. The van der Waals surface area contributed by atoms with E-state index in [4.69, 9.17) is 37.9 Å². The number of carbonyl (C=O) groups is 2. The van der Waals surface area contributed by atoms with E-state index >= 15 is 0 Å². The molecule has 0 amide bonds. The van der Waals surface area contributed by atoms with Gasteiger partial charge in [-0.1, -0.05) is 88.4 Å². The van der Waals surface area contributed by atoms with Crippen molar-refractivity contribution in [2.45, 2.75) is 114 Å². The number of hydrogen-bond donors (Lipinski definition) is 0. The van der Waals surface area contributed by atoms with E-state index in [0.717, 1.165) is 75.2 Å². The largest absolute Gasteiger partial charge is 0.493 e. The Morgan fingerprint density at radius 2 is 0.855 bits per heavy atom. The minimum atomic E-state index is -5.02. The molecule has 2 fully saturated rings. The van der Waals surface area contributed by atoms with Crippen LogP contribution in [-0.4, -0.2) is 115 Å². The van der Waals surface area contributed by atoms with Crippen LogP contribution in [0.2, 0.25) is 0 Å². The number of piperidine rings is 2. The van der Waals surface area contributed by atoms with Crippen LogP contribution in [0.4, 0.5) is 26.3 Å². The maximum Gasteiger partial charge on any atom is 0.432 e. The van der Waals surface area contributed by atoms with Crippen LogP contribution in [0.15, 0.2) is 84.9 Å². The predicted molar refractivity (Wildman–Crippen MR) is 272 cm³/mol. The van der Waals surface area contributed by atoms with Crippen molar-refractivity contribution in [3.05, 3.63) is 118 Å². The minimum absolute atomic E-state index is 0.115. The molecule has 4 aromatic rings. The Balaban J connectivity index is 0.000000221. The van der Waals surface area contributed by atoms with Gasteiger partial charge in [0.05, 0.1) is 28.4 Å². The van der Waals surface area contributed by atoms with E-state index in [9.17, 15) is 35.9 Å². The van der Waals surface area contributed by atoms with Crippen LogP contribution < -0.4 is 18.9 Å². The number of halogens is 6. The highest BCUT2D eigenvalue weighted by molar-refractivity contribution is 5.83. The number of rotatable bonds is 16. The molecular weight excluding hydrogens is 999 g/mol. The first-order valence-electron chi connectivity index (χ1n) is 25.9. The van der Waals surface area contributed by atoms with Crippen LogP contribution in [0.25, 0.3) is 0 Å². The molecule has 4 aliphatic rings. The predicted octanol–water partition coefficient (Wildman–Crippen LogP) is 11.4. The molecule has 0 N–H and O–H groups in total. The van der Waals surface area contributed by atoms with Gasteiger partial charge in [0.15, 0.2) is 23.0 Å². The van der Waals surface area contributed by atoms with E-state index in [1.165, 1.54) is 48.5 Å². The summed E-state index contributed by atoms with van der Waals surface area (Å²) in [5.41, 5.74) is -2.80. The Kier molecular flexibility index (Phi) is 18.3. The maximum atomic E-state index is 14.5. The Bertz CT molecular complexity index is 2420. The lowest BCUT2D eigenvalue weighted by atomic mass is 9.79. The number of methoxy groups -OCH3 is 6. The molecule has 0 radical (unpaired) electrons. The van der Waals surface area contributed by atoms with Crippen molar-refractivity contribution >= 4 is 11.9 Å². The summed E-state index contributed by atoms with van der Waals surface area (Å²) in [4.78, 5) is 31.7. The lowest BCUT2D eigenvalue weighted by molar-refractivity contribution is -0.280. The van der Waals surface area contributed by atoms with Crippen molar-refractivity contribution in [2.75, 3.05) is 68.8 Å². The van der Waals surface area contributed by atoms with Crippen molar-refractivity contribution in [3.63, 3.8) is 0 Å². The third-order valence-electron chi connectivity index (χ3n) is 15.5. The molecule has 0 bridgehead atoms. The molecule has 0 saturated carbocycles. The van der Waals surface area contributed by atoms with Crippen LogP contribution in [0.1, 0.15) is 98.8 Å². The molecule has 4 heterocycles. The first-order valence-corrected chi connectivity index (χ1v) is 25.9. The molecule has 18 heteroatoms. The number of alkyl halides is 6. The highest BCUT2D eigenvalue weighted by Gasteiger charge is 2.66. The van der Waals surface area contributed by atoms with Gasteiger partial charge in [0, 0.05) is 88.3 Å². The van der Waals surface area contributed by atoms with Gasteiger partial charge in [0.2, 0.25) is 0 Å². The van der Waals surface area contributed by atoms with Gasteiger partial charge in [-0.05, 0) is 84.0 Å². The first-order chi connectivity index (χ1) is 36.1. The summed E-state index contributed by atoms with van der Waals surface area (Å²) in [5.74, 6) is -0.0974. The van der Waals surface area contributed by atoms with Crippen LogP contribution in [0.3, 0.4) is 0 Å². The molecular formula is C58H72F6N2O10. The molecule has 0 unspecified atom stereocenters. The zero-order valence-corrected chi connectivity index (χ0v) is 45.0. The first kappa shape index (κ1) is 58.1. The summed E-state index contributed by atoms with van der Waals surface area (Å²) >= 11 is 0. The third kappa shape index (κ3) is 11.5. The molecule has 4 aromatic carbocycles. The van der Waals surface area contributed by atoms with Crippen LogP contribution in [-0.2, 0) is 52.6 Å². The summed E-state index contributed by atoms with van der Waals surface area (Å²) in [7, 11) is 8.10. The average Bonchev–Trinajstić information content (AvgIpc) is 3.39. The third-order valence-corrected chi connectivity index (χ3v) is 15.5. The summed E-state index contributed by atoms with van der Waals surface area (Å²) < 4.78 is 131. The number of esters is 2. The van der Waals surface area contributed by atoms with Gasteiger partial charge in [-0.25, -0.2) is 9.59 Å². The zero-order chi connectivity index (χ0) is 55.3. The molecule has 8 atom stereocenters. The van der Waals surface area contributed by atoms with E-state index in [1.807, 2.05) is 24.3 Å². The molecule has 416 valence electrons. The van der Waals surface area contributed by atoms with E-state index in [0.29, 0.717) is 48.9 Å². The van der Waals surface area contributed by atoms with Gasteiger partial charge in [-0.3, -0.25) is 9.80 Å². The lowest BCUT2D eigenvalue weighted by Gasteiger charge is -2.47. The smallest absolute Gasteiger partial charge is 0.432 e. The number of nitrogens with zero attached hydrogens (tertiary/aromatic N) is 2. The van der Waals surface area contributed by atoms with Gasteiger partial charge >= 0.3 is 24.3 Å². The normalized spacial score (nSPS) is 23.2. The van der Waals surface area contributed by atoms with Gasteiger partial charge in [-0.2, -0.15) is 26.3 Å². The average molecular weight is 1070 g/mol. The SMILES string of the molecule is COc1cc2c(cc1OC)[C@@H]1C[C@@H](OC(=O)[C@](OC)(c3ccccc3)C(F)(F)F)[C@H](CC(C)C)CN1CC2.COc1cc2c(cc1OC)[C@H]1C[C@H](OC(=O)[C@@](OC)(c3ccccc3)C(F)(F)F)[C@@H](CC(C)C)CN1CC2. The summed E-state index contributed by atoms with van der Waals surface area (Å²) in [6.07, 6.45) is -7.65. The Morgan fingerprint density at radius 3 is 1.14 bits per heavy atom. The van der Waals surface area contributed by atoms with Gasteiger partial charge in [0.25, 0.3) is 11.2 Å². The molecule has 8 rings (SSSR count). The van der Waals surface area contributed by atoms with Crippen LogP contribution in [0.5, 0.6) is 23.0 Å². The number of carbonyl (C=O) groups excluding carboxylic acids is 2. The number of fused-ring (bicyclic) bond motifs is 6. The highest BCUT2D eigenvalue weighted by atomic mass is 19.4. The number of hydrogen-bond acceptors (Lipinski definition) is 12. The maximum absolute atomic E-state index is 14.5. The monoisotopic (exact) mass is 1070 g/mol. The fourth-order valence-electron chi connectivity index (χ4n) is 12.0. The van der Waals surface area contributed by atoms with E-state index in [2.05, 4.69) is 37.5 Å². The molecule has 4 aliphatic heterocycles. The summed E-state index contributed by atoms with van der Waals surface area (Å²) in [6, 6.07) is 21.5. The number of benzene rings is 4. The van der Waals surface area contributed by atoms with Crippen molar-refractivity contribution in [1.29, 1.82) is 0 Å². The van der Waals surface area contributed by atoms with E-state index in [-0.39, 0.29) is 46.9 Å². The van der Waals surface area contributed by atoms with Crippen molar-refractivity contribution < 1.29 is 73.8 Å².